The van der Waals surface area contributed by atoms with E-state index in [2.05, 4.69) is 24.1 Å². The SMILES string of the molecule is CC(NCCCC(C)(C)CO)c1ccc(F)cn1. The Labute approximate surface area is 108 Å². The Morgan fingerprint density at radius 3 is 2.72 bits per heavy atom. The van der Waals surface area contributed by atoms with Crippen molar-refractivity contribution in [2.24, 2.45) is 5.41 Å². The molecule has 1 heterocycles. The molecule has 0 saturated carbocycles. The molecule has 0 aromatic carbocycles. The Balaban J connectivity index is 2.29. The number of hydrogen-bond donors (Lipinski definition) is 2. The summed E-state index contributed by atoms with van der Waals surface area (Å²) in [4.78, 5) is 4.04. The van der Waals surface area contributed by atoms with Crippen LogP contribution in [-0.2, 0) is 0 Å². The molecule has 4 heteroatoms. The quantitative estimate of drug-likeness (QED) is 0.735. The molecule has 1 unspecified atom stereocenters. The van der Waals surface area contributed by atoms with Crippen molar-refractivity contribution in [1.29, 1.82) is 0 Å². The summed E-state index contributed by atoms with van der Waals surface area (Å²) in [7, 11) is 0. The van der Waals surface area contributed by atoms with Crippen LogP contribution in [-0.4, -0.2) is 23.2 Å². The van der Waals surface area contributed by atoms with Crippen LogP contribution in [0, 0.1) is 11.2 Å². The van der Waals surface area contributed by atoms with E-state index in [1.165, 1.54) is 12.3 Å². The van der Waals surface area contributed by atoms with Crippen LogP contribution in [0.5, 0.6) is 0 Å². The summed E-state index contributed by atoms with van der Waals surface area (Å²) in [6, 6.07) is 3.24. The van der Waals surface area contributed by atoms with Gasteiger partial charge in [0.25, 0.3) is 0 Å². The fourth-order valence-electron chi connectivity index (χ4n) is 1.71. The molecule has 102 valence electrons. The Kier molecular flexibility index (Phi) is 5.69. The van der Waals surface area contributed by atoms with Gasteiger partial charge in [-0.3, -0.25) is 4.98 Å². The zero-order chi connectivity index (χ0) is 13.6. The van der Waals surface area contributed by atoms with Crippen molar-refractivity contribution in [3.8, 4) is 0 Å². The van der Waals surface area contributed by atoms with E-state index in [0.717, 1.165) is 25.1 Å². The lowest BCUT2D eigenvalue weighted by Gasteiger charge is -2.22. The van der Waals surface area contributed by atoms with Crippen LogP contribution in [0.15, 0.2) is 18.3 Å². The van der Waals surface area contributed by atoms with Gasteiger partial charge in [-0.05, 0) is 43.9 Å². The number of aromatic nitrogens is 1. The maximum atomic E-state index is 12.7. The molecule has 1 atom stereocenters. The number of hydrogen-bond acceptors (Lipinski definition) is 3. The summed E-state index contributed by atoms with van der Waals surface area (Å²) in [6.45, 7) is 7.19. The van der Waals surface area contributed by atoms with Crippen LogP contribution in [0.25, 0.3) is 0 Å². The molecule has 1 rings (SSSR count). The Morgan fingerprint density at radius 2 is 2.17 bits per heavy atom. The van der Waals surface area contributed by atoms with Crippen LogP contribution >= 0.6 is 0 Å². The standard InChI is InChI=1S/C14H23FN2O/c1-11(13-6-5-12(15)9-17-13)16-8-4-7-14(2,3)10-18/h5-6,9,11,16,18H,4,7-8,10H2,1-3H3. The van der Waals surface area contributed by atoms with E-state index in [1.807, 2.05) is 6.92 Å². The number of nitrogens with zero attached hydrogens (tertiary/aromatic N) is 1. The smallest absolute Gasteiger partial charge is 0.141 e. The van der Waals surface area contributed by atoms with Crippen LogP contribution in [0.2, 0.25) is 0 Å². The monoisotopic (exact) mass is 254 g/mol. The number of nitrogens with one attached hydrogen (secondary N) is 1. The molecule has 0 fully saturated rings. The highest BCUT2D eigenvalue weighted by Crippen LogP contribution is 2.20. The van der Waals surface area contributed by atoms with E-state index in [-0.39, 0.29) is 23.9 Å². The minimum atomic E-state index is -0.310. The number of aliphatic hydroxyl groups excluding tert-OH is 1. The Morgan fingerprint density at radius 1 is 1.44 bits per heavy atom. The van der Waals surface area contributed by atoms with E-state index in [9.17, 15) is 4.39 Å². The Bertz CT molecular complexity index is 351. The van der Waals surface area contributed by atoms with Crippen LogP contribution in [0.1, 0.15) is 45.3 Å². The molecular formula is C14H23FN2O. The highest BCUT2D eigenvalue weighted by Gasteiger charge is 2.15. The molecule has 2 N–H and O–H groups in total. The van der Waals surface area contributed by atoms with Gasteiger partial charge in [0.1, 0.15) is 5.82 Å². The maximum absolute atomic E-state index is 12.7. The van der Waals surface area contributed by atoms with Gasteiger partial charge >= 0.3 is 0 Å². The van der Waals surface area contributed by atoms with Crippen LogP contribution in [0.3, 0.4) is 0 Å². The summed E-state index contributed by atoms with van der Waals surface area (Å²) >= 11 is 0. The van der Waals surface area contributed by atoms with E-state index in [1.54, 1.807) is 6.07 Å². The molecule has 0 spiro atoms. The van der Waals surface area contributed by atoms with Crippen molar-refractivity contribution in [3.63, 3.8) is 0 Å². The lowest BCUT2D eigenvalue weighted by atomic mass is 9.89. The molecule has 0 amide bonds. The first-order chi connectivity index (χ1) is 8.44. The molecular weight excluding hydrogens is 231 g/mol. The predicted octanol–water partition coefficient (Wildman–Crippen LogP) is 2.67. The van der Waals surface area contributed by atoms with Crippen LogP contribution in [0.4, 0.5) is 4.39 Å². The fourth-order valence-corrected chi connectivity index (χ4v) is 1.71. The molecule has 0 aliphatic carbocycles. The highest BCUT2D eigenvalue weighted by atomic mass is 19.1. The summed E-state index contributed by atoms with van der Waals surface area (Å²) in [5.41, 5.74) is 0.830. The summed E-state index contributed by atoms with van der Waals surface area (Å²) in [5, 5.41) is 12.5. The van der Waals surface area contributed by atoms with Crippen molar-refractivity contribution >= 4 is 0 Å². The largest absolute Gasteiger partial charge is 0.396 e. The van der Waals surface area contributed by atoms with Gasteiger partial charge in [0, 0.05) is 12.6 Å². The first-order valence-corrected chi connectivity index (χ1v) is 6.40. The third kappa shape index (κ3) is 5.10. The van der Waals surface area contributed by atoms with Crippen molar-refractivity contribution < 1.29 is 9.50 Å². The zero-order valence-corrected chi connectivity index (χ0v) is 11.4. The third-order valence-corrected chi connectivity index (χ3v) is 3.10. The second kappa shape index (κ2) is 6.81. The van der Waals surface area contributed by atoms with Gasteiger partial charge in [0.05, 0.1) is 11.9 Å². The van der Waals surface area contributed by atoms with E-state index in [4.69, 9.17) is 5.11 Å². The lowest BCUT2D eigenvalue weighted by Crippen LogP contribution is -2.23. The average Bonchev–Trinajstić information content (AvgIpc) is 2.35. The Hall–Kier alpha value is -1.00. The van der Waals surface area contributed by atoms with Crippen molar-refractivity contribution in [2.45, 2.75) is 39.7 Å². The number of halogens is 1. The molecule has 18 heavy (non-hydrogen) atoms. The van der Waals surface area contributed by atoms with E-state index < -0.39 is 0 Å². The number of aliphatic hydroxyl groups is 1. The van der Waals surface area contributed by atoms with Gasteiger partial charge in [0.15, 0.2) is 0 Å². The highest BCUT2D eigenvalue weighted by molar-refractivity contribution is 5.08. The summed E-state index contributed by atoms with van der Waals surface area (Å²) in [5.74, 6) is -0.310. The first kappa shape index (κ1) is 15.1. The molecule has 3 nitrogen and oxygen atoms in total. The minimum Gasteiger partial charge on any atom is -0.396 e. The molecule has 1 aromatic rings. The van der Waals surface area contributed by atoms with Gasteiger partial charge in [-0.2, -0.15) is 0 Å². The zero-order valence-electron chi connectivity index (χ0n) is 11.4. The summed E-state index contributed by atoms with van der Waals surface area (Å²) < 4.78 is 12.7. The van der Waals surface area contributed by atoms with Gasteiger partial charge in [-0.15, -0.1) is 0 Å². The van der Waals surface area contributed by atoms with Crippen LogP contribution < -0.4 is 5.32 Å². The molecule has 0 aliphatic heterocycles. The normalized spacial score (nSPS) is 13.6. The van der Waals surface area contributed by atoms with Gasteiger partial charge in [-0.1, -0.05) is 13.8 Å². The topological polar surface area (TPSA) is 45.1 Å². The third-order valence-electron chi connectivity index (χ3n) is 3.10. The molecule has 0 aliphatic rings. The minimum absolute atomic E-state index is 0.0148. The second-order valence-corrected chi connectivity index (χ2v) is 5.50. The maximum Gasteiger partial charge on any atom is 0.141 e. The molecule has 0 saturated heterocycles. The van der Waals surface area contributed by atoms with Crippen molar-refractivity contribution in [2.75, 3.05) is 13.2 Å². The molecule has 0 radical (unpaired) electrons. The average molecular weight is 254 g/mol. The van der Waals surface area contributed by atoms with E-state index >= 15 is 0 Å². The molecule has 0 bridgehead atoms. The van der Waals surface area contributed by atoms with Crippen molar-refractivity contribution in [3.05, 3.63) is 29.8 Å². The first-order valence-electron chi connectivity index (χ1n) is 6.40. The number of pyridine rings is 1. The number of rotatable bonds is 7. The van der Waals surface area contributed by atoms with Gasteiger partial charge < -0.3 is 10.4 Å². The fraction of sp³-hybridized carbons (Fsp3) is 0.643. The summed E-state index contributed by atoms with van der Waals surface area (Å²) in [6.07, 6.45) is 3.21. The van der Waals surface area contributed by atoms with Crippen molar-refractivity contribution in [1.82, 2.24) is 10.3 Å². The van der Waals surface area contributed by atoms with E-state index in [0.29, 0.717) is 0 Å². The predicted molar refractivity (Wildman–Crippen MR) is 70.7 cm³/mol. The lowest BCUT2D eigenvalue weighted by molar-refractivity contribution is 0.147. The second-order valence-electron chi connectivity index (χ2n) is 5.50. The van der Waals surface area contributed by atoms with Gasteiger partial charge in [-0.25, -0.2) is 4.39 Å². The van der Waals surface area contributed by atoms with Gasteiger partial charge in [0.2, 0.25) is 0 Å². The molecule has 1 aromatic heterocycles.